The maximum Gasteiger partial charge on any atom is 0.323 e. The highest BCUT2D eigenvalue weighted by Gasteiger charge is 2.33. The van der Waals surface area contributed by atoms with Gasteiger partial charge in [0, 0.05) is 30.7 Å². The Balaban J connectivity index is 1.46. The van der Waals surface area contributed by atoms with Gasteiger partial charge in [0.05, 0.1) is 6.61 Å². The molecule has 0 fully saturated rings. The molecule has 1 aromatic heterocycles. The minimum absolute atomic E-state index is 0.223. The largest absolute Gasteiger partial charge is 0.465 e. The molecule has 0 unspecified atom stereocenters. The lowest BCUT2D eigenvalue weighted by atomic mass is 10.0. The zero-order valence-corrected chi connectivity index (χ0v) is 16.8. The first-order chi connectivity index (χ1) is 14.6. The molecule has 5 heteroatoms. The van der Waals surface area contributed by atoms with Gasteiger partial charge in [-0.15, -0.1) is 0 Å². The van der Waals surface area contributed by atoms with E-state index >= 15 is 0 Å². The van der Waals surface area contributed by atoms with Crippen LogP contribution < -0.4 is 0 Å². The second-order valence-corrected chi connectivity index (χ2v) is 7.83. The van der Waals surface area contributed by atoms with Crippen molar-refractivity contribution < 1.29 is 13.9 Å². The van der Waals surface area contributed by atoms with Crippen LogP contribution in [0.5, 0.6) is 0 Å². The topological polar surface area (TPSA) is 45.3 Å². The standard InChI is InChI=1S/C25H23FN2O2/c1-2-30-25(29)24(13-20-11-17-9-10-19(26)12-23(17)27-20)28-14-18-8-7-16-5-3-4-6-21(16)22(18)15-28/h3-12,24,27H,2,13-15H2,1H3/t24-/m1/s1. The molecule has 5 rings (SSSR count). The van der Waals surface area contributed by atoms with Crippen molar-refractivity contribution in [1.82, 2.24) is 9.88 Å². The minimum Gasteiger partial charge on any atom is -0.465 e. The first kappa shape index (κ1) is 18.8. The van der Waals surface area contributed by atoms with E-state index in [0.29, 0.717) is 26.1 Å². The van der Waals surface area contributed by atoms with Crippen LogP contribution in [0.3, 0.4) is 0 Å². The van der Waals surface area contributed by atoms with Crippen LogP contribution in [0.25, 0.3) is 21.7 Å². The highest BCUT2D eigenvalue weighted by Crippen LogP contribution is 2.32. The van der Waals surface area contributed by atoms with E-state index in [4.69, 9.17) is 4.74 Å². The average Bonchev–Trinajstić information content (AvgIpc) is 3.35. The third-order valence-corrected chi connectivity index (χ3v) is 5.93. The van der Waals surface area contributed by atoms with Crippen LogP contribution in [0.15, 0.2) is 60.7 Å². The molecule has 0 saturated heterocycles. The number of halogens is 1. The van der Waals surface area contributed by atoms with Crippen LogP contribution in [0.4, 0.5) is 4.39 Å². The number of nitrogens with zero attached hydrogens (tertiary/aromatic N) is 1. The summed E-state index contributed by atoms with van der Waals surface area (Å²) in [6, 6.07) is 18.9. The molecule has 4 nitrogen and oxygen atoms in total. The van der Waals surface area contributed by atoms with Crippen molar-refractivity contribution in [2.24, 2.45) is 0 Å². The van der Waals surface area contributed by atoms with Crippen molar-refractivity contribution in [3.63, 3.8) is 0 Å². The number of carbonyl (C=O) groups excluding carboxylic acids is 1. The van der Waals surface area contributed by atoms with E-state index in [1.165, 1.54) is 34.0 Å². The highest BCUT2D eigenvalue weighted by molar-refractivity contribution is 5.87. The molecule has 0 amide bonds. The van der Waals surface area contributed by atoms with Crippen LogP contribution >= 0.6 is 0 Å². The van der Waals surface area contributed by atoms with Crippen molar-refractivity contribution in [2.75, 3.05) is 6.61 Å². The molecule has 0 saturated carbocycles. The van der Waals surface area contributed by atoms with Gasteiger partial charge in [-0.3, -0.25) is 9.69 Å². The summed E-state index contributed by atoms with van der Waals surface area (Å²) in [5.74, 6) is -0.501. The van der Waals surface area contributed by atoms with Gasteiger partial charge in [0.1, 0.15) is 11.9 Å². The number of benzene rings is 3. The quantitative estimate of drug-likeness (QED) is 0.481. The first-order valence-electron chi connectivity index (χ1n) is 10.3. The van der Waals surface area contributed by atoms with Crippen molar-refractivity contribution in [3.8, 4) is 0 Å². The molecule has 152 valence electrons. The summed E-state index contributed by atoms with van der Waals surface area (Å²) in [5, 5.41) is 3.38. The Morgan fingerprint density at radius 2 is 1.93 bits per heavy atom. The Kier molecular flexibility index (Phi) is 4.75. The zero-order valence-electron chi connectivity index (χ0n) is 16.8. The van der Waals surface area contributed by atoms with Gasteiger partial charge < -0.3 is 9.72 Å². The maximum absolute atomic E-state index is 13.6. The number of hydrogen-bond donors (Lipinski definition) is 1. The number of esters is 1. The summed E-state index contributed by atoms with van der Waals surface area (Å²) in [4.78, 5) is 18.3. The van der Waals surface area contributed by atoms with Crippen LogP contribution in [0, 0.1) is 5.82 Å². The Labute approximate surface area is 174 Å². The SMILES string of the molecule is CCOC(=O)[C@@H](Cc1cc2ccc(F)cc2[nH]1)N1Cc2ccc3ccccc3c2C1. The number of H-pyrrole nitrogens is 1. The summed E-state index contributed by atoms with van der Waals surface area (Å²) < 4.78 is 19.0. The normalized spacial score (nSPS) is 14.9. The fourth-order valence-electron chi connectivity index (χ4n) is 4.49. The number of nitrogens with one attached hydrogen (secondary N) is 1. The monoisotopic (exact) mass is 402 g/mol. The lowest BCUT2D eigenvalue weighted by Crippen LogP contribution is -2.40. The smallest absolute Gasteiger partial charge is 0.323 e. The van der Waals surface area contributed by atoms with Crippen LogP contribution in [0.1, 0.15) is 23.7 Å². The average molecular weight is 402 g/mol. The molecule has 30 heavy (non-hydrogen) atoms. The number of aromatic amines is 1. The van der Waals surface area contributed by atoms with Gasteiger partial charge in [0.15, 0.2) is 0 Å². The second kappa shape index (κ2) is 7.58. The number of fused-ring (bicyclic) bond motifs is 4. The van der Waals surface area contributed by atoms with E-state index in [1.807, 2.05) is 19.1 Å². The number of carbonyl (C=O) groups is 1. The molecular formula is C25H23FN2O2. The predicted octanol–water partition coefficient (Wildman–Crippen LogP) is 4.95. The maximum atomic E-state index is 13.6. The van der Waals surface area contributed by atoms with Crippen molar-refractivity contribution in [2.45, 2.75) is 32.5 Å². The summed E-state index contributed by atoms with van der Waals surface area (Å²) in [6.07, 6.45) is 0.487. The highest BCUT2D eigenvalue weighted by atomic mass is 19.1. The molecule has 2 heterocycles. The molecule has 0 radical (unpaired) electrons. The zero-order chi connectivity index (χ0) is 20.7. The van der Waals surface area contributed by atoms with E-state index in [-0.39, 0.29) is 11.8 Å². The Hall–Kier alpha value is -3.18. The molecule has 1 aliphatic rings. The van der Waals surface area contributed by atoms with Crippen molar-refractivity contribution >= 4 is 27.6 Å². The van der Waals surface area contributed by atoms with Crippen molar-refractivity contribution in [3.05, 3.63) is 83.3 Å². The summed E-state index contributed by atoms with van der Waals surface area (Å²) in [6.45, 7) is 3.58. The van der Waals surface area contributed by atoms with Gasteiger partial charge in [-0.05, 0) is 58.5 Å². The molecular weight excluding hydrogens is 379 g/mol. The third-order valence-electron chi connectivity index (χ3n) is 5.93. The number of hydrogen-bond acceptors (Lipinski definition) is 3. The van der Waals surface area contributed by atoms with E-state index in [9.17, 15) is 9.18 Å². The van der Waals surface area contributed by atoms with Gasteiger partial charge in [0.2, 0.25) is 0 Å². The molecule has 1 aliphatic heterocycles. The fraction of sp³-hybridized carbons (Fsp3) is 0.240. The van der Waals surface area contributed by atoms with Gasteiger partial charge in [0.25, 0.3) is 0 Å². The van der Waals surface area contributed by atoms with Crippen molar-refractivity contribution in [1.29, 1.82) is 0 Å². The minimum atomic E-state index is -0.408. The van der Waals surface area contributed by atoms with Gasteiger partial charge in [-0.1, -0.05) is 36.4 Å². The van der Waals surface area contributed by atoms with E-state index in [0.717, 1.165) is 16.6 Å². The fourth-order valence-corrected chi connectivity index (χ4v) is 4.49. The summed E-state index contributed by atoms with van der Waals surface area (Å²) in [5.41, 5.74) is 4.17. The van der Waals surface area contributed by atoms with Crippen LogP contribution in [-0.2, 0) is 29.0 Å². The predicted molar refractivity (Wildman–Crippen MR) is 116 cm³/mol. The van der Waals surface area contributed by atoms with Gasteiger partial charge in [-0.25, -0.2) is 4.39 Å². The molecule has 1 N–H and O–H groups in total. The Bertz CT molecular complexity index is 1250. The molecule has 0 spiro atoms. The second-order valence-electron chi connectivity index (χ2n) is 7.83. The van der Waals surface area contributed by atoms with Crippen LogP contribution in [0.2, 0.25) is 0 Å². The molecule has 4 aromatic rings. The Morgan fingerprint density at radius 3 is 2.80 bits per heavy atom. The lowest BCUT2D eigenvalue weighted by molar-refractivity contribution is -0.149. The molecule has 1 atom stereocenters. The van der Waals surface area contributed by atoms with E-state index in [2.05, 4.69) is 40.2 Å². The van der Waals surface area contributed by atoms with Gasteiger partial charge >= 0.3 is 5.97 Å². The lowest BCUT2D eigenvalue weighted by Gasteiger charge is -2.25. The van der Waals surface area contributed by atoms with E-state index < -0.39 is 6.04 Å². The third kappa shape index (κ3) is 3.35. The first-order valence-corrected chi connectivity index (χ1v) is 10.3. The molecule has 3 aromatic carbocycles. The molecule has 0 aliphatic carbocycles. The van der Waals surface area contributed by atoms with E-state index in [1.54, 1.807) is 6.07 Å². The number of rotatable bonds is 5. The van der Waals surface area contributed by atoms with Gasteiger partial charge in [-0.2, -0.15) is 0 Å². The number of ether oxygens (including phenoxy) is 1. The summed E-state index contributed by atoms with van der Waals surface area (Å²) >= 11 is 0. The summed E-state index contributed by atoms with van der Waals surface area (Å²) in [7, 11) is 0. The Morgan fingerprint density at radius 1 is 1.10 bits per heavy atom. The van der Waals surface area contributed by atoms with Crippen LogP contribution in [-0.4, -0.2) is 28.5 Å². The number of aromatic nitrogens is 1. The molecule has 0 bridgehead atoms.